The summed E-state index contributed by atoms with van der Waals surface area (Å²) in [6.07, 6.45) is 7.81. The molecule has 18 heavy (non-hydrogen) atoms. The van der Waals surface area contributed by atoms with Crippen molar-refractivity contribution in [2.75, 3.05) is 11.1 Å². The maximum Gasteiger partial charge on any atom is 0.134 e. The monoisotopic (exact) mass is 246 g/mol. The highest BCUT2D eigenvalue weighted by atomic mass is 15.1. The Morgan fingerprint density at radius 3 is 2.94 bits per heavy atom. The molecule has 0 aromatic carbocycles. The Labute approximate surface area is 106 Å². The number of nitrogens with two attached hydrogens (primary N) is 1. The SMILES string of the molecule is CCc1c(N)ncnc1NC(C)Cn1ccnc1. The zero-order valence-electron chi connectivity index (χ0n) is 10.7. The van der Waals surface area contributed by atoms with Crippen molar-refractivity contribution in [3.63, 3.8) is 0 Å². The van der Waals surface area contributed by atoms with Crippen LogP contribution in [0.25, 0.3) is 0 Å². The van der Waals surface area contributed by atoms with E-state index in [4.69, 9.17) is 5.73 Å². The highest BCUT2D eigenvalue weighted by Crippen LogP contribution is 2.18. The third-order valence-electron chi connectivity index (χ3n) is 2.76. The summed E-state index contributed by atoms with van der Waals surface area (Å²) < 4.78 is 2.02. The molecule has 0 bridgehead atoms. The van der Waals surface area contributed by atoms with Crippen molar-refractivity contribution < 1.29 is 0 Å². The average molecular weight is 246 g/mol. The molecule has 3 N–H and O–H groups in total. The molecule has 6 nitrogen and oxygen atoms in total. The molecule has 6 heteroatoms. The molecule has 96 valence electrons. The molecular formula is C12H18N6. The lowest BCUT2D eigenvalue weighted by Gasteiger charge is -2.17. The van der Waals surface area contributed by atoms with Crippen LogP contribution >= 0.6 is 0 Å². The highest BCUT2D eigenvalue weighted by molar-refractivity contribution is 5.55. The van der Waals surface area contributed by atoms with Crippen LogP contribution in [-0.4, -0.2) is 25.6 Å². The van der Waals surface area contributed by atoms with Crippen LogP contribution in [0.15, 0.2) is 25.0 Å². The van der Waals surface area contributed by atoms with Gasteiger partial charge in [0.1, 0.15) is 18.0 Å². The van der Waals surface area contributed by atoms with Crippen LogP contribution in [0.5, 0.6) is 0 Å². The largest absolute Gasteiger partial charge is 0.383 e. The molecule has 0 fully saturated rings. The van der Waals surface area contributed by atoms with Crippen molar-refractivity contribution >= 4 is 11.6 Å². The first-order chi connectivity index (χ1) is 8.70. The lowest BCUT2D eigenvalue weighted by atomic mass is 10.2. The Balaban J connectivity index is 2.07. The summed E-state index contributed by atoms with van der Waals surface area (Å²) in [5.41, 5.74) is 6.80. The van der Waals surface area contributed by atoms with Crippen LogP contribution < -0.4 is 11.1 Å². The molecule has 2 heterocycles. The molecule has 0 aliphatic heterocycles. The zero-order chi connectivity index (χ0) is 13.0. The summed E-state index contributed by atoms with van der Waals surface area (Å²) in [4.78, 5) is 12.3. The smallest absolute Gasteiger partial charge is 0.134 e. The lowest BCUT2D eigenvalue weighted by Crippen LogP contribution is -2.23. The Hall–Kier alpha value is -2.11. The third-order valence-corrected chi connectivity index (χ3v) is 2.76. The Morgan fingerprint density at radius 1 is 1.44 bits per heavy atom. The summed E-state index contributed by atoms with van der Waals surface area (Å²) in [7, 11) is 0. The molecule has 0 saturated heterocycles. The van der Waals surface area contributed by atoms with E-state index in [-0.39, 0.29) is 6.04 Å². The van der Waals surface area contributed by atoms with E-state index in [1.54, 1.807) is 12.5 Å². The van der Waals surface area contributed by atoms with E-state index in [1.807, 2.05) is 17.7 Å². The first-order valence-electron chi connectivity index (χ1n) is 6.02. The van der Waals surface area contributed by atoms with Gasteiger partial charge in [-0.1, -0.05) is 6.92 Å². The second-order valence-electron chi connectivity index (χ2n) is 4.24. The van der Waals surface area contributed by atoms with Gasteiger partial charge in [0.15, 0.2) is 0 Å². The minimum Gasteiger partial charge on any atom is -0.383 e. The molecule has 0 aliphatic rings. The number of hydrogen-bond donors (Lipinski definition) is 2. The number of nitrogens with one attached hydrogen (secondary N) is 1. The van der Waals surface area contributed by atoms with Crippen molar-refractivity contribution in [1.82, 2.24) is 19.5 Å². The van der Waals surface area contributed by atoms with E-state index < -0.39 is 0 Å². The molecule has 0 amide bonds. The molecule has 0 radical (unpaired) electrons. The van der Waals surface area contributed by atoms with Crippen LogP contribution in [0, 0.1) is 0 Å². The molecule has 2 rings (SSSR count). The van der Waals surface area contributed by atoms with Crippen LogP contribution in [0.4, 0.5) is 11.6 Å². The maximum atomic E-state index is 5.84. The first-order valence-corrected chi connectivity index (χ1v) is 6.02. The van der Waals surface area contributed by atoms with E-state index in [0.29, 0.717) is 5.82 Å². The number of nitrogens with zero attached hydrogens (tertiary/aromatic N) is 4. The normalized spacial score (nSPS) is 12.3. The second kappa shape index (κ2) is 5.48. The number of imidazole rings is 1. The third kappa shape index (κ3) is 2.77. The van der Waals surface area contributed by atoms with E-state index in [2.05, 4.69) is 27.2 Å². The summed E-state index contributed by atoms with van der Waals surface area (Å²) in [6, 6.07) is 0.235. The summed E-state index contributed by atoms with van der Waals surface area (Å²) in [5.74, 6) is 1.36. The zero-order valence-corrected chi connectivity index (χ0v) is 10.7. The number of nitrogen functional groups attached to an aromatic ring is 1. The van der Waals surface area contributed by atoms with Gasteiger partial charge in [-0.25, -0.2) is 15.0 Å². The Morgan fingerprint density at radius 2 is 2.28 bits per heavy atom. The number of aromatic nitrogens is 4. The van der Waals surface area contributed by atoms with E-state index in [0.717, 1.165) is 24.3 Å². The Bertz CT molecular complexity index is 493. The Kier molecular flexibility index (Phi) is 3.76. The maximum absolute atomic E-state index is 5.84. The van der Waals surface area contributed by atoms with Gasteiger partial charge in [0.2, 0.25) is 0 Å². The van der Waals surface area contributed by atoms with Crippen molar-refractivity contribution in [2.24, 2.45) is 0 Å². The van der Waals surface area contributed by atoms with Crippen LogP contribution in [0.3, 0.4) is 0 Å². The molecule has 0 spiro atoms. The summed E-state index contributed by atoms with van der Waals surface area (Å²) in [5, 5.41) is 3.36. The van der Waals surface area contributed by atoms with E-state index in [9.17, 15) is 0 Å². The lowest BCUT2D eigenvalue weighted by molar-refractivity contribution is 0.616. The van der Waals surface area contributed by atoms with Gasteiger partial charge in [0.25, 0.3) is 0 Å². The summed E-state index contributed by atoms with van der Waals surface area (Å²) in [6.45, 7) is 4.96. The molecule has 1 unspecified atom stereocenters. The van der Waals surface area contributed by atoms with Crippen molar-refractivity contribution in [1.29, 1.82) is 0 Å². The van der Waals surface area contributed by atoms with Crippen LogP contribution in [0.2, 0.25) is 0 Å². The van der Waals surface area contributed by atoms with Crippen LogP contribution in [0.1, 0.15) is 19.4 Å². The number of rotatable bonds is 5. The predicted octanol–water partition coefficient (Wildman–Crippen LogP) is 1.32. The second-order valence-corrected chi connectivity index (χ2v) is 4.24. The van der Waals surface area contributed by atoms with Gasteiger partial charge in [-0.3, -0.25) is 0 Å². The highest BCUT2D eigenvalue weighted by Gasteiger charge is 2.10. The molecular weight excluding hydrogens is 228 g/mol. The fourth-order valence-electron chi connectivity index (χ4n) is 1.89. The van der Waals surface area contributed by atoms with Gasteiger partial charge in [-0.15, -0.1) is 0 Å². The van der Waals surface area contributed by atoms with Gasteiger partial charge in [-0.05, 0) is 13.3 Å². The topological polar surface area (TPSA) is 81.6 Å². The minimum atomic E-state index is 0.235. The van der Waals surface area contributed by atoms with Gasteiger partial charge in [0.05, 0.1) is 6.33 Å². The average Bonchev–Trinajstić information content (AvgIpc) is 2.82. The van der Waals surface area contributed by atoms with Gasteiger partial charge >= 0.3 is 0 Å². The predicted molar refractivity (Wildman–Crippen MR) is 71.1 cm³/mol. The van der Waals surface area contributed by atoms with Gasteiger partial charge in [0, 0.05) is 30.5 Å². The standard InChI is InChI=1S/C12H18N6/c1-3-10-11(13)15-7-16-12(10)17-9(2)6-18-5-4-14-8-18/h4-5,7-9H,3,6H2,1-2H3,(H3,13,15,16,17). The number of anilines is 2. The number of hydrogen-bond acceptors (Lipinski definition) is 5. The van der Waals surface area contributed by atoms with Crippen molar-refractivity contribution in [2.45, 2.75) is 32.9 Å². The van der Waals surface area contributed by atoms with Gasteiger partial charge in [-0.2, -0.15) is 0 Å². The van der Waals surface area contributed by atoms with Crippen molar-refractivity contribution in [3.05, 3.63) is 30.6 Å². The van der Waals surface area contributed by atoms with Crippen molar-refractivity contribution in [3.8, 4) is 0 Å². The fraction of sp³-hybridized carbons (Fsp3) is 0.417. The molecule has 0 aliphatic carbocycles. The first kappa shape index (κ1) is 12.3. The molecule has 1 atom stereocenters. The molecule has 2 aromatic rings. The quantitative estimate of drug-likeness (QED) is 0.831. The van der Waals surface area contributed by atoms with E-state index >= 15 is 0 Å². The van der Waals surface area contributed by atoms with E-state index in [1.165, 1.54) is 6.33 Å². The summed E-state index contributed by atoms with van der Waals surface area (Å²) >= 11 is 0. The molecule has 2 aromatic heterocycles. The fourth-order valence-corrected chi connectivity index (χ4v) is 1.89. The minimum absolute atomic E-state index is 0.235. The molecule has 0 saturated carbocycles. The van der Waals surface area contributed by atoms with Crippen LogP contribution in [-0.2, 0) is 13.0 Å². The van der Waals surface area contributed by atoms with Gasteiger partial charge < -0.3 is 15.6 Å².